The topological polar surface area (TPSA) is 62.4 Å². The van der Waals surface area contributed by atoms with Gasteiger partial charge in [-0.15, -0.1) is 0 Å². The number of nitrogens with zero attached hydrogens (tertiary/aromatic N) is 1. The van der Waals surface area contributed by atoms with Gasteiger partial charge in [0.2, 0.25) is 10.0 Å². The van der Waals surface area contributed by atoms with E-state index in [0.29, 0.717) is 30.3 Å². The fourth-order valence-electron chi connectivity index (χ4n) is 4.21. The summed E-state index contributed by atoms with van der Waals surface area (Å²) in [7, 11) is -1.81. The smallest absolute Gasteiger partial charge is 0.243 e. The molecule has 5 nitrogen and oxygen atoms in total. The summed E-state index contributed by atoms with van der Waals surface area (Å²) in [5.74, 6) is 1.17. The number of aryl methyl sites for hydroxylation is 1. The lowest BCUT2D eigenvalue weighted by Gasteiger charge is -2.31. The monoisotopic (exact) mass is 476 g/mol. The number of ether oxygens (including phenoxy) is 1. The van der Waals surface area contributed by atoms with Crippen molar-refractivity contribution in [3.05, 3.63) is 58.2 Å². The molecule has 0 aliphatic carbocycles. The van der Waals surface area contributed by atoms with Crippen LogP contribution in [0.1, 0.15) is 36.8 Å². The first-order valence-corrected chi connectivity index (χ1v) is 12.1. The van der Waals surface area contributed by atoms with Crippen molar-refractivity contribution in [3.63, 3.8) is 0 Å². The summed E-state index contributed by atoms with van der Waals surface area (Å²) in [6.45, 7) is 3.05. The maximum atomic E-state index is 13.3. The van der Waals surface area contributed by atoms with Crippen LogP contribution in [0.5, 0.6) is 5.75 Å². The molecule has 1 saturated heterocycles. The maximum absolute atomic E-state index is 13.3. The van der Waals surface area contributed by atoms with E-state index < -0.39 is 10.0 Å². The summed E-state index contributed by atoms with van der Waals surface area (Å²) in [4.78, 5) is 3.76. The fraction of sp³-hybridized carbons (Fsp3) is 0.364. The molecule has 0 saturated carbocycles. The molecule has 0 spiro atoms. The van der Waals surface area contributed by atoms with E-state index in [2.05, 4.69) is 33.2 Å². The van der Waals surface area contributed by atoms with Gasteiger partial charge >= 0.3 is 0 Å². The Bertz CT molecular complexity index is 1130. The third-order valence-electron chi connectivity index (χ3n) is 5.84. The standard InChI is InChI=1S/C22H25BrN2O3S/c1-3-15-12-17(23)4-7-22(15)29(26,27)25-10-8-16(9-11-25)20-14-24-21-6-5-18(28-2)13-19(20)21/h4-7,12-14,16,24H,3,8-11H2,1-2H3. The number of rotatable bonds is 5. The molecule has 0 amide bonds. The lowest BCUT2D eigenvalue weighted by Crippen LogP contribution is -2.38. The molecule has 0 unspecified atom stereocenters. The zero-order chi connectivity index (χ0) is 20.6. The Morgan fingerprint density at radius 1 is 1.17 bits per heavy atom. The number of hydrogen-bond donors (Lipinski definition) is 1. The number of benzene rings is 2. The third-order valence-corrected chi connectivity index (χ3v) is 8.33. The van der Waals surface area contributed by atoms with Crippen LogP contribution < -0.4 is 4.74 Å². The van der Waals surface area contributed by atoms with E-state index in [1.165, 1.54) is 5.56 Å². The molecule has 1 aliphatic rings. The van der Waals surface area contributed by atoms with Crippen molar-refractivity contribution in [1.29, 1.82) is 0 Å². The molecular formula is C22H25BrN2O3S. The summed E-state index contributed by atoms with van der Waals surface area (Å²) < 4.78 is 34.4. The molecule has 2 aromatic carbocycles. The van der Waals surface area contributed by atoms with Crippen molar-refractivity contribution in [2.45, 2.75) is 37.0 Å². The zero-order valence-corrected chi connectivity index (χ0v) is 19.0. The lowest BCUT2D eigenvalue weighted by molar-refractivity contribution is 0.320. The number of methoxy groups -OCH3 is 1. The quantitative estimate of drug-likeness (QED) is 0.558. The Labute approximate surface area is 180 Å². The first-order chi connectivity index (χ1) is 13.9. The molecule has 1 aliphatic heterocycles. The average molecular weight is 477 g/mol. The van der Waals surface area contributed by atoms with Crippen LogP contribution in [0.4, 0.5) is 0 Å². The van der Waals surface area contributed by atoms with Gasteiger partial charge in [-0.3, -0.25) is 0 Å². The van der Waals surface area contributed by atoms with E-state index in [1.807, 2.05) is 25.1 Å². The molecule has 1 aromatic heterocycles. The van der Waals surface area contributed by atoms with E-state index in [1.54, 1.807) is 23.5 Å². The summed E-state index contributed by atoms with van der Waals surface area (Å²) in [5, 5.41) is 1.16. The molecule has 4 rings (SSSR count). The van der Waals surface area contributed by atoms with Crippen molar-refractivity contribution >= 4 is 36.9 Å². The number of H-pyrrole nitrogens is 1. The largest absolute Gasteiger partial charge is 0.497 e. The van der Waals surface area contributed by atoms with E-state index in [4.69, 9.17) is 4.74 Å². The number of hydrogen-bond acceptors (Lipinski definition) is 3. The van der Waals surface area contributed by atoms with Gasteiger partial charge in [0.1, 0.15) is 5.75 Å². The Hall–Kier alpha value is -1.83. The minimum Gasteiger partial charge on any atom is -0.497 e. The van der Waals surface area contributed by atoms with Crippen LogP contribution in [0, 0.1) is 0 Å². The van der Waals surface area contributed by atoms with Gasteiger partial charge < -0.3 is 9.72 Å². The summed E-state index contributed by atoms with van der Waals surface area (Å²) in [6, 6.07) is 11.4. The highest BCUT2D eigenvalue weighted by atomic mass is 79.9. The molecule has 0 bridgehead atoms. The molecular weight excluding hydrogens is 452 g/mol. The highest BCUT2D eigenvalue weighted by Crippen LogP contribution is 2.36. The number of halogens is 1. The third kappa shape index (κ3) is 3.83. The van der Waals surface area contributed by atoms with Gasteiger partial charge in [-0.25, -0.2) is 8.42 Å². The van der Waals surface area contributed by atoms with Crippen molar-refractivity contribution < 1.29 is 13.2 Å². The summed E-state index contributed by atoms with van der Waals surface area (Å²) in [5.41, 5.74) is 3.18. The Morgan fingerprint density at radius 2 is 1.93 bits per heavy atom. The van der Waals surface area contributed by atoms with E-state index in [-0.39, 0.29) is 0 Å². The van der Waals surface area contributed by atoms with Gasteiger partial charge in [0.25, 0.3) is 0 Å². The molecule has 1 fully saturated rings. The number of sulfonamides is 1. The lowest BCUT2D eigenvalue weighted by atomic mass is 9.90. The molecule has 0 atom stereocenters. The minimum atomic E-state index is -3.48. The van der Waals surface area contributed by atoms with Gasteiger partial charge in [-0.05, 0) is 72.7 Å². The first-order valence-electron chi connectivity index (χ1n) is 9.87. The molecule has 1 N–H and O–H groups in total. The first kappa shape index (κ1) is 20.4. The van der Waals surface area contributed by atoms with Crippen LogP contribution in [-0.2, 0) is 16.4 Å². The van der Waals surface area contributed by atoms with E-state index in [9.17, 15) is 8.42 Å². The van der Waals surface area contributed by atoms with Crippen molar-refractivity contribution in [2.24, 2.45) is 0 Å². The number of piperidine rings is 1. The Morgan fingerprint density at radius 3 is 2.62 bits per heavy atom. The minimum absolute atomic E-state index is 0.331. The second-order valence-corrected chi connectivity index (χ2v) is 10.3. The van der Waals surface area contributed by atoms with Crippen LogP contribution in [-0.4, -0.2) is 37.9 Å². The maximum Gasteiger partial charge on any atom is 0.243 e. The van der Waals surface area contributed by atoms with Crippen LogP contribution >= 0.6 is 15.9 Å². The number of aromatic nitrogens is 1. The van der Waals surface area contributed by atoms with Crippen LogP contribution in [0.2, 0.25) is 0 Å². The average Bonchev–Trinajstić information content (AvgIpc) is 3.16. The van der Waals surface area contributed by atoms with Gasteiger partial charge in [0.15, 0.2) is 0 Å². The predicted molar refractivity (Wildman–Crippen MR) is 119 cm³/mol. The fourth-order valence-corrected chi connectivity index (χ4v) is 6.36. The Kier molecular flexibility index (Phi) is 5.73. The SMILES string of the molecule is CCc1cc(Br)ccc1S(=O)(=O)N1CCC(c2c[nH]c3ccc(OC)cc23)CC1. The van der Waals surface area contributed by atoms with E-state index in [0.717, 1.165) is 39.5 Å². The van der Waals surface area contributed by atoms with Gasteiger partial charge in [0.05, 0.1) is 12.0 Å². The second-order valence-electron chi connectivity index (χ2n) is 7.44. The molecule has 3 aromatic rings. The highest BCUT2D eigenvalue weighted by molar-refractivity contribution is 9.10. The molecule has 2 heterocycles. The van der Waals surface area contributed by atoms with Crippen molar-refractivity contribution in [2.75, 3.05) is 20.2 Å². The zero-order valence-electron chi connectivity index (χ0n) is 16.6. The van der Waals surface area contributed by atoms with Gasteiger partial charge in [-0.1, -0.05) is 22.9 Å². The van der Waals surface area contributed by atoms with Crippen LogP contribution in [0.25, 0.3) is 10.9 Å². The Balaban J connectivity index is 1.55. The van der Waals surface area contributed by atoms with Gasteiger partial charge in [0, 0.05) is 34.7 Å². The van der Waals surface area contributed by atoms with Gasteiger partial charge in [-0.2, -0.15) is 4.31 Å². The van der Waals surface area contributed by atoms with Crippen molar-refractivity contribution in [1.82, 2.24) is 9.29 Å². The van der Waals surface area contributed by atoms with Crippen LogP contribution in [0.3, 0.4) is 0 Å². The predicted octanol–water partition coefficient (Wildman–Crippen LogP) is 5.07. The molecule has 7 heteroatoms. The normalized spacial score (nSPS) is 16.4. The highest BCUT2D eigenvalue weighted by Gasteiger charge is 2.32. The molecule has 0 radical (unpaired) electrons. The van der Waals surface area contributed by atoms with Crippen LogP contribution in [0.15, 0.2) is 52.0 Å². The molecule has 154 valence electrons. The number of nitrogens with one attached hydrogen (secondary N) is 1. The van der Waals surface area contributed by atoms with Crippen molar-refractivity contribution in [3.8, 4) is 5.75 Å². The van der Waals surface area contributed by atoms with E-state index >= 15 is 0 Å². The number of fused-ring (bicyclic) bond motifs is 1. The number of aromatic amines is 1. The summed E-state index contributed by atoms with van der Waals surface area (Å²) >= 11 is 3.44. The molecule has 29 heavy (non-hydrogen) atoms. The second kappa shape index (κ2) is 8.13. The summed E-state index contributed by atoms with van der Waals surface area (Å²) in [6.07, 6.45) is 4.35.